The highest BCUT2D eigenvalue weighted by molar-refractivity contribution is 7.92. The largest absolute Gasteiger partial charge is 0.496 e. The van der Waals surface area contributed by atoms with Gasteiger partial charge in [0, 0.05) is 17.7 Å². The van der Waals surface area contributed by atoms with Crippen LogP contribution in [-0.4, -0.2) is 53.2 Å². The molecule has 28 heavy (non-hydrogen) atoms. The lowest BCUT2D eigenvalue weighted by atomic mass is 10.0. The van der Waals surface area contributed by atoms with Crippen LogP contribution in [-0.2, 0) is 10.0 Å². The molecule has 7 nitrogen and oxygen atoms in total. The molecule has 0 aliphatic rings. The molecule has 0 aromatic heterocycles. The molecule has 0 saturated heterocycles. The van der Waals surface area contributed by atoms with Crippen molar-refractivity contribution < 1.29 is 17.9 Å². The van der Waals surface area contributed by atoms with Gasteiger partial charge < -0.3 is 15.0 Å². The number of ether oxygens (including phenoxy) is 1. The molecule has 2 aromatic carbocycles. The minimum absolute atomic E-state index is 0.0841. The van der Waals surface area contributed by atoms with Crippen LogP contribution in [0.3, 0.4) is 0 Å². The van der Waals surface area contributed by atoms with Gasteiger partial charge in [-0.05, 0) is 44.8 Å². The number of nitrogens with one attached hydrogen (secondary N) is 2. The number of methoxy groups -OCH3 is 1. The zero-order valence-electron chi connectivity index (χ0n) is 16.8. The lowest BCUT2D eigenvalue weighted by molar-refractivity contribution is 0.0941. The Morgan fingerprint density at radius 3 is 2.46 bits per heavy atom. The topological polar surface area (TPSA) is 87.7 Å². The number of likely N-dealkylation sites (N-methyl/N-ethyl adjacent to an activating group) is 1. The number of hydrogen-bond acceptors (Lipinski definition) is 5. The number of carbonyl (C=O) groups is 1. The third-order valence-electron chi connectivity index (χ3n) is 4.37. The number of amides is 1. The van der Waals surface area contributed by atoms with Crippen LogP contribution in [0.4, 0.5) is 5.69 Å². The van der Waals surface area contributed by atoms with E-state index in [-0.39, 0.29) is 11.9 Å². The maximum atomic E-state index is 12.6. The number of para-hydroxylation sites is 1. The molecular weight excluding hydrogens is 378 g/mol. The van der Waals surface area contributed by atoms with Crippen molar-refractivity contribution in [2.45, 2.75) is 13.0 Å². The number of aryl methyl sites for hydroxylation is 1. The van der Waals surface area contributed by atoms with Crippen molar-refractivity contribution in [3.63, 3.8) is 0 Å². The van der Waals surface area contributed by atoms with Gasteiger partial charge >= 0.3 is 0 Å². The normalized spacial score (nSPS) is 12.5. The number of anilines is 1. The maximum Gasteiger partial charge on any atom is 0.251 e. The Bertz CT molecular complexity index is 942. The van der Waals surface area contributed by atoms with Gasteiger partial charge in [-0.15, -0.1) is 0 Å². The maximum absolute atomic E-state index is 12.6. The second-order valence-corrected chi connectivity index (χ2v) is 8.58. The number of hydrogen-bond donors (Lipinski definition) is 2. The second kappa shape index (κ2) is 9.07. The molecule has 0 radical (unpaired) electrons. The molecular formula is C20H27N3O4S. The van der Waals surface area contributed by atoms with E-state index in [1.807, 2.05) is 43.3 Å². The Balaban J connectivity index is 2.18. The molecule has 0 bridgehead atoms. The van der Waals surface area contributed by atoms with Crippen LogP contribution < -0.4 is 14.8 Å². The van der Waals surface area contributed by atoms with Crippen LogP contribution in [0.25, 0.3) is 0 Å². The van der Waals surface area contributed by atoms with Gasteiger partial charge in [0.15, 0.2) is 0 Å². The van der Waals surface area contributed by atoms with Crippen LogP contribution in [0.1, 0.15) is 27.5 Å². The summed E-state index contributed by atoms with van der Waals surface area (Å²) in [5, 5.41) is 2.93. The van der Waals surface area contributed by atoms with E-state index in [9.17, 15) is 13.2 Å². The number of nitrogens with zero attached hydrogens (tertiary/aromatic N) is 1. The molecule has 2 N–H and O–H groups in total. The Hall–Kier alpha value is -2.58. The Kier molecular flexibility index (Phi) is 7.04. The van der Waals surface area contributed by atoms with Gasteiger partial charge in [-0.2, -0.15) is 0 Å². The highest BCUT2D eigenvalue weighted by atomic mass is 32.2. The summed E-state index contributed by atoms with van der Waals surface area (Å²) >= 11 is 0. The number of benzene rings is 2. The van der Waals surface area contributed by atoms with Gasteiger partial charge in [-0.3, -0.25) is 9.52 Å². The SMILES string of the molecule is COc1ccccc1[C@H](CNC(=O)c1ccc(C)c(NS(C)(=O)=O)c1)N(C)C. The van der Waals surface area contributed by atoms with Crippen LogP contribution >= 0.6 is 0 Å². The molecule has 0 aliphatic carbocycles. The van der Waals surface area contributed by atoms with E-state index in [1.165, 1.54) is 0 Å². The molecule has 2 aromatic rings. The highest BCUT2D eigenvalue weighted by Crippen LogP contribution is 2.27. The van der Waals surface area contributed by atoms with Crippen molar-refractivity contribution >= 4 is 21.6 Å². The summed E-state index contributed by atoms with van der Waals surface area (Å²) < 4.78 is 30.9. The van der Waals surface area contributed by atoms with E-state index >= 15 is 0 Å². The summed E-state index contributed by atoms with van der Waals surface area (Å²) in [6, 6.07) is 12.5. The predicted octanol–water partition coefficient (Wildman–Crippen LogP) is 2.41. The van der Waals surface area contributed by atoms with Crippen molar-refractivity contribution in [2.24, 2.45) is 0 Å². The second-order valence-electron chi connectivity index (χ2n) is 6.84. The van der Waals surface area contributed by atoms with Crippen molar-refractivity contribution in [1.29, 1.82) is 0 Å². The summed E-state index contributed by atoms with van der Waals surface area (Å²) in [7, 11) is 2.06. The first-order chi connectivity index (χ1) is 13.1. The van der Waals surface area contributed by atoms with Crippen LogP contribution in [0, 0.1) is 6.92 Å². The number of sulfonamides is 1. The van der Waals surface area contributed by atoms with Crippen LogP contribution in [0.5, 0.6) is 5.75 Å². The van der Waals surface area contributed by atoms with Crippen molar-refractivity contribution in [3.05, 3.63) is 59.2 Å². The lowest BCUT2D eigenvalue weighted by Gasteiger charge is -2.26. The average Bonchev–Trinajstić information content (AvgIpc) is 2.62. The first-order valence-corrected chi connectivity index (χ1v) is 10.7. The van der Waals surface area contributed by atoms with Gasteiger partial charge in [0.1, 0.15) is 5.75 Å². The number of carbonyl (C=O) groups excluding carboxylic acids is 1. The molecule has 0 fully saturated rings. The van der Waals surface area contributed by atoms with Gasteiger partial charge in [-0.25, -0.2) is 8.42 Å². The van der Waals surface area contributed by atoms with Crippen molar-refractivity contribution in [3.8, 4) is 5.75 Å². The van der Waals surface area contributed by atoms with Gasteiger partial charge in [0.2, 0.25) is 10.0 Å². The molecule has 152 valence electrons. The van der Waals surface area contributed by atoms with E-state index in [0.717, 1.165) is 23.1 Å². The number of rotatable bonds is 8. The fourth-order valence-electron chi connectivity index (χ4n) is 2.88. The Labute approximate surface area is 166 Å². The van der Waals surface area contributed by atoms with E-state index in [1.54, 1.807) is 32.2 Å². The van der Waals surface area contributed by atoms with E-state index in [4.69, 9.17) is 4.74 Å². The summed E-state index contributed by atoms with van der Waals surface area (Å²) in [6.07, 6.45) is 1.08. The molecule has 0 spiro atoms. The first-order valence-electron chi connectivity index (χ1n) is 8.78. The summed E-state index contributed by atoms with van der Waals surface area (Å²) in [6.45, 7) is 2.15. The smallest absolute Gasteiger partial charge is 0.251 e. The van der Waals surface area contributed by atoms with E-state index < -0.39 is 10.0 Å². The summed E-state index contributed by atoms with van der Waals surface area (Å²) in [5.74, 6) is 0.476. The summed E-state index contributed by atoms with van der Waals surface area (Å²) in [5.41, 5.74) is 2.49. The molecule has 0 saturated carbocycles. The van der Waals surface area contributed by atoms with E-state index in [2.05, 4.69) is 10.0 Å². The standard InChI is InChI=1S/C20H27N3O4S/c1-14-10-11-15(12-17(14)22-28(5,25)26)20(24)21-13-18(23(2)3)16-8-6-7-9-19(16)27-4/h6-12,18,22H,13H2,1-5H3,(H,21,24)/t18-/m0/s1. The van der Waals surface area contributed by atoms with E-state index in [0.29, 0.717) is 17.8 Å². The molecule has 0 aliphatic heterocycles. The zero-order chi connectivity index (χ0) is 20.9. The van der Waals surface area contributed by atoms with Gasteiger partial charge in [-0.1, -0.05) is 24.3 Å². The monoisotopic (exact) mass is 405 g/mol. The quantitative estimate of drug-likeness (QED) is 0.704. The average molecular weight is 406 g/mol. The van der Waals surface area contributed by atoms with Gasteiger partial charge in [0.25, 0.3) is 5.91 Å². The molecule has 0 heterocycles. The third kappa shape index (κ3) is 5.71. The fourth-order valence-corrected chi connectivity index (χ4v) is 3.50. The third-order valence-corrected chi connectivity index (χ3v) is 4.96. The molecule has 1 amide bonds. The Morgan fingerprint density at radius 1 is 1.18 bits per heavy atom. The zero-order valence-corrected chi connectivity index (χ0v) is 17.6. The first kappa shape index (κ1) is 21.7. The lowest BCUT2D eigenvalue weighted by Crippen LogP contribution is -2.34. The van der Waals surface area contributed by atoms with Crippen LogP contribution in [0.2, 0.25) is 0 Å². The minimum atomic E-state index is -3.43. The summed E-state index contributed by atoms with van der Waals surface area (Å²) in [4.78, 5) is 14.7. The predicted molar refractivity (Wildman–Crippen MR) is 111 cm³/mol. The molecule has 1 atom stereocenters. The Morgan fingerprint density at radius 2 is 1.86 bits per heavy atom. The molecule has 8 heteroatoms. The highest BCUT2D eigenvalue weighted by Gasteiger charge is 2.19. The fraction of sp³-hybridized carbons (Fsp3) is 0.350. The van der Waals surface area contributed by atoms with Crippen LogP contribution in [0.15, 0.2) is 42.5 Å². The molecule has 2 rings (SSSR count). The molecule has 0 unspecified atom stereocenters. The van der Waals surface area contributed by atoms with Gasteiger partial charge in [0.05, 0.1) is 25.1 Å². The minimum Gasteiger partial charge on any atom is -0.496 e. The van der Waals surface area contributed by atoms with Crippen molar-refractivity contribution in [1.82, 2.24) is 10.2 Å². The van der Waals surface area contributed by atoms with Crippen molar-refractivity contribution in [2.75, 3.05) is 38.7 Å².